The van der Waals surface area contributed by atoms with E-state index in [9.17, 15) is 4.79 Å². The summed E-state index contributed by atoms with van der Waals surface area (Å²) in [6, 6.07) is 0. The molecule has 0 radical (unpaired) electrons. The Morgan fingerprint density at radius 2 is 2.22 bits per heavy atom. The summed E-state index contributed by atoms with van der Waals surface area (Å²) in [6.07, 6.45) is 0.930. The number of halogens is 1. The molecule has 0 fully saturated rings. The quantitative estimate of drug-likeness (QED) is 0.346. The fourth-order valence-corrected chi connectivity index (χ4v) is 1.39. The summed E-state index contributed by atoms with van der Waals surface area (Å²) in [4.78, 5) is 10.6. The molecule has 0 spiro atoms. The van der Waals surface area contributed by atoms with E-state index < -0.39 is 0 Å². The number of hydrogen-bond acceptors (Lipinski definition) is 2. The van der Waals surface area contributed by atoms with Crippen molar-refractivity contribution in [3.8, 4) is 0 Å². The fourth-order valence-electron chi connectivity index (χ4n) is 0.330. The molecule has 0 N–H and O–H groups in total. The number of carbonyl (C=O) groups is 1. The second kappa shape index (κ2) is 6.32. The van der Waals surface area contributed by atoms with Gasteiger partial charge in [0.1, 0.15) is 0 Å². The summed E-state index contributed by atoms with van der Waals surface area (Å²) in [5.74, 6) is 0. The maximum absolute atomic E-state index is 10.6. The van der Waals surface area contributed by atoms with Crippen molar-refractivity contribution >= 4 is 3.98 Å². The molecule has 0 aliphatic carbocycles. The molecule has 0 amide bonds. The van der Waals surface area contributed by atoms with Crippen molar-refractivity contribution in [2.24, 2.45) is 0 Å². The zero-order valence-corrected chi connectivity index (χ0v) is 7.97. The summed E-state index contributed by atoms with van der Waals surface area (Å²) in [6.45, 7) is 4.61. The summed E-state index contributed by atoms with van der Waals surface area (Å²) in [5, 5.41) is 0. The molecule has 0 aromatic carbocycles. The van der Waals surface area contributed by atoms with Crippen LogP contribution in [0.3, 0.4) is 0 Å². The Hall–Kier alpha value is 0.200. The Morgan fingerprint density at radius 1 is 1.56 bits per heavy atom. The van der Waals surface area contributed by atoms with E-state index >= 15 is 0 Å². The van der Waals surface area contributed by atoms with E-state index in [-0.39, 0.29) is 25.2 Å². The van der Waals surface area contributed by atoms with Gasteiger partial charge < -0.3 is 0 Å². The molecule has 0 bridgehead atoms. The first kappa shape index (κ1) is 9.20. The van der Waals surface area contributed by atoms with Crippen LogP contribution in [0.25, 0.3) is 0 Å². The van der Waals surface area contributed by atoms with Crippen molar-refractivity contribution in [1.29, 1.82) is 0 Å². The summed E-state index contributed by atoms with van der Waals surface area (Å²) in [7, 11) is 0. The molecule has 3 heteroatoms. The minimum absolute atomic E-state index is 0.0400. The molecule has 2 nitrogen and oxygen atoms in total. The molecule has 0 rings (SSSR count). The van der Waals surface area contributed by atoms with Crippen molar-refractivity contribution in [1.82, 2.24) is 0 Å². The monoisotopic (exact) mass is 243 g/mol. The molecule has 0 heterocycles. The van der Waals surface area contributed by atoms with E-state index in [1.165, 1.54) is 0 Å². The first-order valence-corrected chi connectivity index (χ1v) is 5.67. The van der Waals surface area contributed by atoms with Crippen molar-refractivity contribution in [2.75, 3.05) is 11.0 Å². The van der Waals surface area contributed by atoms with Gasteiger partial charge in [-0.3, -0.25) is 0 Å². The van der Waals surface area contributed by atoms with E-state index in [4.69, 9.17) is 4.74 Å². The Balaban J connectivity index is 3.06. The molecule has 0 aliphatic rings. The van der Waals surface area contributed by atoms with Crippen LogP contribution in [0, 0.1) is 0 Å². The fraction of sp³-hybridized carbons (Fsp3) is 0.833. The minimum atomic E-state index is -0.308. The van der Waals surface area contributed by atoms with E-state index in [0.717, 1.165) is 10.8 Å². The normalized spacial score (nSPS) is 9.56. The second-order valence-corrected chi connectivity index (χ2v) is 4.66. The SMILES string of the molecule is CCCOC(=O)[I-]CC. The summed E-state index contributed by atoms with van der Waals surface area (Å²) in [5.41, 5.74) is 0. The van der Waals surface area contributed by atoms with Crippen LogP contribution in [-0.2, 0) is 4.74 Å². The van der Waals surface area contributed by atoms with Crippen LogP contribution in [-0.4, -0.2) is 15.0 Å². The van der Waals surface area contributed by atoms with Crippen LogP contribution >= 0.6 is 0 Å². The van der Waals surface area contributed by atoms with Crippen LogP contribution < -0.4 is 21.2 Å². The molecule has 0 unspecified atom stereocenters. The Bertz CT molecular complexity index is 83.1. The zero-order chi connectivity index (χ0) is 7.11. The van der Waals surface area contributed by atoms with E-state index in [0.29, 0.717) is 6.61 Å². The molecule has 0 saturated carbocycles. The topological polar surface area (TPSA) is 26.3 Å². The third-order valence-electron chi connectivity index (χ3n) is 0.662. The number of carbonyl (C=O) groups excluding carboxylic acids is 1. The van der Waals surface area contributed by atoms with Crippen LogP contribution in [0.5, 0.6) is 0 Å². The zero-order valence-electron chi connectivity index (χ0n) is 5.82. The predicted octanol–water partition coefficient (Wildman–Crippen LogP) is -1.36. The predicted molar refractivity (Wildman–Crippen MR) is 32.2 cm³/mol. The average molecular weight is 243 g/mol. The summed E-state index contributed by atoms with van der Waals surface area (Å²) >= 11 is -0.308. The van der Waals surface area contributed by atoms with Gasteiger partial charge in [0.05, 0.1) is 0 Å². The molecule has 0 aromatic rings. The van der Waals surface area contributed by atoms with Crippen molar-refractivity contribution in [3.63, 3.8) is 0 Å². The van der Waals surface area contributed by atoms with Gasteiger partial charge in [-0.2, -0.15) is 0 Å². The summed E-state index contributed by atoms with van der Waals surface area (Å²) < 4.78 is 5.87. The second-order valence-electron chi connectivity index (χ2n) is 1.49. The van der Waals surface area contributed by atoms with Gasteiger partial charge >= 0.3 is 66.0 Å². The Morgan fingerprint density at radius 3 is 2.67 bits per heavy atom. The molecule has 0 atom stereocenters. The Labute approximate surface area is 66.2 Å². The molecule has 9 heavy (non-hydrogen) atoms. The van der Waals surface area contributed by atoms with Crippen LogP contribution in [0.1, 0.15) is 20.3 Å². The van der Waals surface area contributed by atoms with Gasteiger partial charge in [-0.25, -0.2) is 0 Å². The third kappa shape index (κ3) is 6.08. The van der Waals surface area contributed by atoms with Crippen molar-refractivity contribution in [2.45, 2.75) is 20.3 Å². The van der Waals surface area contributed by atoms with Gasteiger partial charge in [-0.15, -0.1) is 0 Å². The van der Waals surface area contributed by atoms with Gasteiger partial charge in [0.25, 0.3) is 0 Å². The standard InChI is InChI=1S/C6H12IO2/c1-3-5-9-6(8)7-4-2/h3-5H2,1-2H3/q-1. The Kier molecular flexibility index (Phi) is 6.46. The van der Waals surface area contributed by atoms with Gasteiger partial charge in [-0.1, -0.05) is 0 Å². The van der Waals surface area contributed by atoms with Gasteiger partial charge in [0, 0.05) is 0 Å². The molecule has 56 valence electrons. The van der Waals surface area contributed by atoms with Gasteiger partial charge in [-0.05, 0) is 0 Å². The van der Waals surface area contributed by atoms with E-state index in [1.54, 1.807) is 0 Å². The average Bonchev–Trinajstić information content (AvgIpc) is 1.85. The molecule has 0 aliphatic heterocycles. The molecule has 0 aromatic heterocycles. The van der Waals surface area contributed by atoms with E-state index in [2.05, 4.69) is 0 Å². The van der Waals surface area contributed by atoms with Crippen molar-refractivity contribution < 1.29 is 30.7 Å². The molecule has 0 saturated heterocycles. The van der Waals surface area contributed by atoms with Crippen molar-refractivity contribution in [3.05, 3.63) is 0 Å². The van der Waals surface area contributed by atoms with Crippen LogP contribution in [0.2, 0.25) is 0 Å². The van der Waals surface area contributed by atoms with E-state index in [1.807, 2.05) is 13.8 Å². The van der Waals surface area contributed by atoms with Crippen LogP contribution in [0.15, 0.2) is 0 Å². The first-order chi connectivity index (χ1) is 4.31. The van der Waals surface area contributed by atoms with Gasteiger partial charge in [0.15, 0.2) is 0 Å². The molecular weight excluding hydrogens is 231 g/mol. The number of rotatable bonds is 4. The number of hydrogen-bond donors (Lipinski definition) is 0. The maximum atomic E-state index is 10.6. The third-order valence-corrected chi connectivity index (χ3v) is 2.36. The number of alkyl halides is 1. The van der Waals surface area contributed by atoms with Crippen LogP contribution in [0.4, 0.5) is 4.79 Å². The number of ether oxygens (including phenoxy) is 1. The van der Waals surface area contributed by atoms with Gasteiger partial charge in [0.2, 0.25) is 0 Å². The molecular formula is C6H12IO2-. The first-order valence-electron chi connectivity index (χ1n) is 3.07.